The number of benzene rings is 1. The molecule has 0 radical (unpaired) electrons. The van der Waals surface area contributed by atoms with Gasteiger partial charge in [-0.15, -0.1) is 11.8 Å². The fourth-order valence-corrected chi connectivity index (χ4v) is 2.39. The van der Waals surface area contributed by atoms with E-state index in [2.05, 4.69) is 11.9 Å². The lowest BCUT2D eigenvalue weighted by atomic mass is 10.0. The number of nitrogens with zero attached hydrogens (tertiary/aromatic N) is 1. The highest BCUT2D eigenvalue weighted by atomic mass is 32.2. The Bertz CT molecular complexity index is 513. The summed E-state index contributed by atoms with van der Waals surface area (Å²) in [7, 11) is 0. The van der Waals surface area contributed by atoms with Crippen LogP contribution < -0.4 is 5.73 Å². The van der Waals surface area contributed by atoms with Crippen molar-refractivity contribution in [2.45, 2.75) is 17.9 Å². The third-order valence-corrected chi connectivity index (χ3v) is 3.53. The first-order chi connectivity index (χ1) is 8.70. The summed E-state index contributed by atoms with van der Waals surface area (Å²) in [6.45, 7) is 2.11. The van der Waals surface area contributed by atoms with Gasteiger partial charge in [0, 0.05) is 11.1 Å². The van der Waals surface area contributed by atoms with Gasteiger partial charge in [0.25, 0.3) is 0 Å². The van der Waals surface area contributed by atoms with E-state index in [4.69, 9.17) is 5.73 Å². The summed E-state index contributed by atoms with van der Waals surface area (Å²) in [6.07, 6.45) is 2.78. The van der Waals surface area contributed by atoms with E-state index < -0.39 is 0 Å². The van der Waals surface area contributed by atoms with Crippen molar-refractivity contribution in [3.8, 4) is 0 Å². The van der Waals surface area contributed by atoms with Crippen LogP contribution >= 0.6 is 11.8 Å². The highest BCUT2D eigenvalue weighted by molar-refractivity contribution is 7.99. The van der Waals surface area contributed by atoms with Crippen molar-refractivity contribution in [2.75, 3.05) is 5.75 Å². The number of hydrogen-bond donors (Lipinski definition) is 1. The first kappa shape index (κ1) is 13.1. The van der Waals surface area contributed by atoms with Crippen LogP contribution in [0, 0.1) is 5.82 Å². The molecule has 2 N–H and O–H groups in total. The van der Waals surface area contributed by atoms with Crippen molar-refractivity contribution >= 4 is 11.8 Å². The van der Waals surface area contributed by atoms with Gasteiger partial charge in [0.05, 0.1) is 12.2 Å². The third kappa shape index (κ3) is 3.09. The summed E-state index contributed by atoms with van der Waals surface area (Å²) < 4.78 is 13.1. The van der Waals surface area contributed by atoms with Crippen molar-refractivity contribution in [2.24, 2.45) is 5.73 Å². The molecule has 0 fully saturated rings. The summed E-state index contributed by atoms with van der Waals surface area (Å²) in [4.78, 5) is 5.03. The summed E-state index contributed by atoms with van der Waals surface area (Å²) >= 11 is 1.78. The molecule has 0 aliphatic heterocycles. The molecule has 0 spiro atoms. The second kappa shape index (κ2) is 5.98. The van der Waals surface area contributed by atoms with E-state index in [0.29, 0.717) is 5.56 Å². The minimum absolute atomic E-state index is 0.339. The average molecular weight is 262 g/mol. The molecule has 18 heavy (non-hydrogen) atoms. The quantitative estimate of drug-likeness (QED) is 0.858. The molecule has 2 nitrogen and oxygen atoms in total. The van der Waals surface area contributed by atoms with E-state index >= 15 is 0 Å². The number of pyridine rings is 1. The molecule has 0 aliphatic carbocycles. The lowest BCUT2D eigenvalue weighted by Crippen LogP contribution is -2.12. The molecule has 0 saturated carbocycles. The third-order valence-electron chi connectivity index (χ3n) is 2.64. The maximum Gasteiger partial charge on any atom is 0.141 e. The Morgan fingerprint density at radius 2 is 1.94 bits per heavy atom. The summed E-state index contributed by atoms with van der Waals surface area (Å²) in [5.41, 5.74) is 7.74. The molecular formula is C14H15FN2S. The van der Waals surface area contributed by atoms with Crippen molar-refractivity contribution in [1.82, 2.24) is 4.98 Å². The van der Waals surface area contributed by atoms with Crippen LogP contribution in [0.2, 0.25) is 0 Å². The van der Waals surface area contributed by atoms with Gasteiger partial charge in [0.2, 0.25) is 0 Å². The molecule has 0 saturated heterocycles. The summed E-state index contributed by atoms with van der Waals surface area (Å²) in [5, 5.41) is 0. The average Bonchev–Trinajstić information content (AvgIpc) is 2.39. The summed E-state index contributed by atoms with van der Waals surface area (Å²) in [6, 6.07) is 9.12. The molecule has 1 unspecified atom stereocenters. The lowest BCUT2D eigenvalue weighted by molar-refractivity contribution is 0.616. The minimum Gasteiger partial charge on any atom is -0.320 e. The van der Waals surface area contributed by atoms with Crippen molar-refractivity contribution in [1.29, 1.82) is 0 Å². The Balaban J connectivity index is 2.20. The zero-order chi connectivity index (χ0) is 13.0. The van der Waals surface area contributed by atoms with E-state index in [9.17, 15) is 4.39 Å². The molecule has 94 valence electrons. The Kier molecular flexibility index (Phi) is 4.33. The largest absolute Gasteiger partial charge is 0.320 e. The molecule has 0 aliphatic rings. The molecule has 2 rings (SSSR count). The summed E-state index contributed by atoms with van der Waals surface area (Å²) in [5.74, 6) is 0.681. The zero-order valence-corrected chi connectivity index (χ0v) is 11.0. The van der Waals surface area contributed by atoms with Gasteiger partial charge in [-0.2, -0.15) is 0 Å². The molecule has 0 amide bonds. The number of thioether (sulfide) groups is 1. The van der Waals surface area contributed by atoms with Crippen LogP contribution in [-0.2, 0) is 0 Å². The van der Waals surface area contributed by atoms with E-state index in [0.717, 1.165) is 11.3 Å². The van der Waals surface area contributed by atoms with Gasteiger partial charge in [0.15, 0.2) is 0 Å². The van der Waals surface area contributed by atoms with Gasteiger partial charge in [0.1, 0.15) is 5.82 Å². The van der Waals surface area contributed by atoms with Crippen molar-refractivity contribution < 1.29 is 4.39 Å². The first-order valence-electron chi connectivity index (χ1n) is 5.79. The van der Waals surface area contributed by atoms with E-state index in [1.165, 1.54) is 17.2 Å². The molecule has 1 heterocycles. The molecule has 2 aromatic rings. The predicted molar refractivity (Wildman–Crippen MR) is 73.1 cm³/mol. The molecular weight excluding hydrogens is 247 g/mol. The molecule has 1 aromatic carbocycles. The number of rotatable bonds is 4. The van der Waals surface area contributed by atoms with Crippen LogP contribution in [0.5, 0.6) is 0 Å². The van der Waals surface area contributed by atoms with Gasteiger partial charge < -0.3 is 5.73 Å². The second-order valence-corrected chi connectivity index (χ2v) is 5.25. The molecule has 4 heteroatoms. The van der Waals surface area contributed by atoms with Gasteiger partial charge >= 0.3 is 0 Å². The lowest BCUT2D eigenvalue weighted by Gasteiger charge is -2.12. The SMILES string of the molecule is CCSc1ccc(C(N)c2cncc(F)c2)cc1. The fourth-order valence-electron chi connectivity index (χ4n) is 1.73. The van der Waals surface area contributed by atoms with E-state index in [-0.39, 0.29) is 11.9 Å². The Morgan fingerprint density at radius 1 is 1.22 bits per heavy atom. The number of nitrogens with two attached hydrogens (primary N) is 1. The molecule has 1 atom stereocenters. The Hall–Kier alpha value is -1.39. The number of hydrogen-bond acceptors (Lipinski definition) is 3. The number of aromatic nitrogens is 1. The van der Waals surface area contributed by atoms with Crippen LogP contribution in [0.4, 0.5) is 4.39 Å². The van der Waals surface area contributed by atoms with Crippen LogP contribution in [0.1, 0.15) is 24.1 Å². The van der Waals surface area contributed by atoms with E-state index in [1.807, 2.05) is 24.3 Å². The minimum atomic E-state index is -0.360. The first-order valence-corrected chi connectivity index (χ1v) is 6.78. The van der Waals surface area contributed by atoms with Crippen LogP contribution in [-0.4, -0.2) is 10.7 Å². The van der Waals surface area contributed by atoms with Crippen LogP contribution in [0.15, 0.2) is 47.6 Å². The van der Waals surface area contributed by atoms with Crippen molar-refractivity contribution in [3.63, 3.8) is 0 Å². The van der Waals surface area contributed by atoms with Gasteiger partial charge in [-0.3, -0.25) is 4.98 Å². The normalized spacial score (nSPS) is 12.4. The Labute approximate surface area is 110 Å². The number of halogens is 1. The molecule has 0 bridgehead atoms. The van der Waals surface area contributed by atoms with Crippen molar-refractivity contribution in [3.05, 3.63) is 59.7 Å². The standard InChI is InChI=1S/C14H15FN2S/c1-2-18-13-5-3-10(4-6-13)14(16)11-7-12(15)9-17-8-11/h3-9,14H,2,16H2,1H3. The smallest absolute Gasteiger partial charge is 0.141 e. The van der Waals surface area contributed by atoms with Gasteiger partial charge in [-0.05, 0) is 35.1 Å². The van der Waals surface area contributed by atoms with E-state index in [1.54, 1.807) is 18.0 Å². The molecule has 1 aromatic heterocycles. The Morgan fingerprint density at radius 3 is 2.56 bits per heavy atom. The highest BCUT2D eigenvalue weighted by Crippen LogP contribution is 2.23. The topological polar surface area (TPSA) is 38.9 Å². The van der Waals surface area contributed by atoms with Gasteiger partial charge in [-0.25, -0.2) is 4.39 Å². The zero-order valence-electron chi connectivity index (χ0n) is 10.1. The van der Waals surface area contributed by atoms with Crippen LogP contribution in [0.25, 0.3) is 0 Å². The van der Waals surface area contributed by atoms with Gasteiger partial charge in [-0.1, -0.05) is 19.1 Å². The maximum absolute atomic E-state index is 13.1. The predicted octanol–water partition coefficient (Wildman–Crippen LogP) is 3.38. The monoisotopic (exact) mass is 262 g/mol. The maximum atomic E-state index is 13.1. The second-order valence-electron chi connectivity index (χ2n) is 3.92. The fraction of sp³-hybridized carbons (Fsp3) is 0.214. The van der Waals surface area contributed by atoms with Crippen LogP contribution in [0.3, 0.4) is 0 Å². The highest BCUT2D eigenvalue weighted by Gasteiger charge is 2.10.